The number of rotatable bonds is 5. The molecular weight excluding hydrogens is 252 g/mol. The molecule has 0 unspecified atom stereocenters. The molecule has 0 aromatic carbocycles. The van der Waals surface area contributed by atoms with Crippen molar-refractivity contribution in [3.05, 3.63) is 24.0 Å². The number of nitrogens with one attached hydrogen (secondary N) is 1. The zero-order valence-corrected chi connectivity index (χ0v) is 12.4. The van der Waals surface area contributed by atoms with Gasteiger partial charge in [-0.3, -0.25) is 14.7 Å². The van der Waals surface area contributed by atoms with Crippen LogP contribution in [0.5, 0.6) is 0 Å². The van der Waals surface area contributed by atoms with Gasteiger partial charge in [-0.15, -0.1) is 0 Å². The molecule has 0 aliphatic carbocycles. The van der Waals surface area contributed by atoms with Crippen LogP contribution in [0.15, 0.2) is 18.5 Å². The normalized spacial score (nSPS) is 16.2. The predicted molar refractivity (Wildman–Crippen MR) is 81.0 cm³/mol. The van der Waals surface area contributed by atoms with Gasteiger partial charge >= 0.3 is 0 Å². The number of hydrogen-bond acceptors (Lipinski definition) is 4. The Morgan fingerprint density at radius 3 is 2.70 bits per heavy atom. The second-order valence-corrected chi connectivity index (χ2v) is 5.09. The van der Waals surface area contributed by atoms with Crippen molar-refractivity contribution in [3.8, 4) is 0 Å². The Kier molecular flexibility index (Phi) is 5.35. The maximum absolute atomic E-state index is 12.6. The van der Waals surface area contributed by atoms with E-state index in [-0.39, 0.29) is 5.91 Å². The molecule has 2 rings (SSSR count). The van der Waals surface area contributed by atoms with Gasteiger partial charge in [0.25, 0.3) is 5.91 Å². The monoisotopic (exact) mass is 276 g/mol. The Morgan fingerprint density at radius 2 is 2.05 bits per heavy atom. The highest BCUT2D eigenvalue weighted by Crippen LogP contribution is 2.17. The third-order valence-electron chi connectivity index (χ3n) is 3.62. The first kappa shape index (κ1) is 14.8. The molecule has 1 aliphatic rings. The summed E-state index contributed by atoms with van der Waals surface area (Å²) in [7, 11) is 0. The van der Waals surface area contributed by atoms with Crippen molar-refractivity contribution in [3.63, 3.8) is 0 Å². The summed E-state index contributed by atoms with van der Waals surface area (Å²) in [4.78, 5) is 21.1. The van der Waals surface area contributed by atoms with Gasteiger partial charge in [0.2, 0.25) is 0 Å². The Hall–Kier alpha value is -1.62. The van der Waals surface area contributed by atoms with Crippen LogP contribution in [-0.4, -0.2) is 60.0 Å². The van der Waals surface area contributed by atoms with E-state index in [1.54, 1.807) is 18.5 Å². The van der Waals surface area contributed by atoms with E-state index in [2.05, 4.69) is 22.1 Å². The summed E-state index contributed by atoms with van der Waals surface area (Å²) >= 11 is 0. The van der Waals surface area contributed by atoms with E-state index in [1.807, 2.05) is 11.8 Å². The van der Waals surface area contributed by atoms with Gasteiger partial charge in [0.1, 0.15) is 0 Å². The Bertz CT molecular complexity index is 441. The van der Waals surface area contributed by atoms with Crippen LogP contribution in [0.25, 0.3) is 0 Å². The third-order valence-corrected chi connectivity index (χ3v) is 3.62. The second kappa shape index (κ2) is 7.24. The Labute approximate surface area is 121 Å². The molecular formula is C15H24N4O. The average Bonchev–Trinajstić information content (AvgIpc) is 2.49. The highest BCUT2D eigenvalue weighted by Gasteiger charge is 2.23. The smallest absolute Gasteiger partial charge is 0.256 e. The molecule has 0 atom stereocenters. The quantitative estimate of drug-likeness (QED) is 0.889. The van der Waals surface area contributed by atoms with E-state index >= 15 is 0 Å². The molecule has 0 bridgehead atoms. The zero-order chi connectivity index (χ0) is 14.4. The molecule has 1 saturated heterocycles. The SMILES string of the molecule is CCCN1CCN(C(=O)c2ccncc2NCC)CC1. The van der Waals surface area contributed by atoms with Crippen LogP contribution >= 0.6 is 0 Å². The lowest BCUT2D eigenvalue weighted by Crippen LogP contribution is -2.48. The summed E-state index contributed by atoms with van der Waals surface area (Å²) in [5.41, 5.74) is 1.56. The third kappa shape index (κ3) is 3.48. The van der Waals surface area contributed by atoms with Crippen LogP contribution in [-0.2, 0) is 0 Å². The maximum Gasteiger partial charge on any atom is 0.256 e. The highest BCUT2D eigenvalue weighted by atomic mass is 16.2. The lowest BCUT2D eigenvalue weighted by molar-refractivity contribution is 0.0638. The molecule has 0 radical (unpaired) electrons. The molecule has 1 aliphatic heterocycles. The van der Waals surface area contributed by atoms with Crippen molar-refractivity contribution < 1.29 is 4.79 Å². The Balaban J connectivity index is 2.02. The largest absolute Gasteiger partial charge is 0.383 e. The fraction of sp³-hybridized carbons (Fsp3) is 0.600. The van der Waals surface area contributed by atoms with Gasteiger partial charge in [0.05, 0.1) is 17.4 Å². The molecule has 0 spiro atoms. The fourth-order valence-corrected chi connectivity index (χ4v) is 2.57. The number of anilines is 1. The molecule has 5 heteroatoms. The highest BCUT2D eigenvalue weighted by molar-refractivity contribution is 5.99. The zero-order valence-electron chi connectivity index (χ0n) is 12.4. The molecule has 2 heterocycles. The van der Waals surface area contributed by atoms with E-state index in [4.69, 9.17) is 0 Å². The summed E-state index contributed by atoms with van der Waals surface area (Å²) in [5.74, 6) is 0.111. The van der Waals surface area contributed by atoms with Crippen LogP contribution in [0.3, 0.4) is 0 Å². The predicted octanol–water partition coefficient (Wildman–Crippen LogP) is 1.68. The number of pyridine rings is 1. The first-order valence-electron chi connectivity index (χ1n) is 7.45. The van der Waals surface area contributed by atoms with Gasteiger partial charge in [0.15, 0.2) is 0 Å². The number of amides is 1. The van der Waals surface area contributed by atoms with Crippen molar-refractivity contribution in [1.82, 2.24) is 14.8 Å². The van der Waals surface area contributed by atoms with Crippen LogP contribution in [0, 0.1) is 0 Å². The lowest BCUT2D eigenvalue weighted by Gasteiger charge is -2.34. The number of piperazine rings is 1. The first-order valence-corrected chi connectivity index (χ1v) is 7.45. The molecule has 1 N–H and O–H groups in total. The molecule has 0 saturated carbocycles. The summed E-state index contributed by atoms with van der Waals surface area (Å²) < 4.78 is 0. The van der Waals surface area contributed by atoms with Crippen LogP contribution in [0.2, 0.25) is 0 Å². The second-order valence-electron chi connectivity index (χ2n) is 5.09. The van der Waals surface area contributed by atoms with E-state index in [0.29, 0.717) is 0 Å². The number of aromatic nitrogens is 1. The summed E-state index contributed by atoms with van der Waals surface area (Å²) in [6, 6.07) is 1.80. The molecule has 5 nitrogen and oxygen atoms in total. The molecule has 1 aromatic rings. The van der Waals surface area contributed by atoms with Crippen LogP contribution < -0.4 is 5.32 Å². The first-order chi connectivity index (χ1) is 9.76. The van der Waals surface area contributed by atoms with Crippen molar-refractivity contribution in [2.45, 2.75) is 20.3 Å². The molecule has 20 heavy (non-hydrogen) atoms. The topological polar surface area (TPSA) is 48.5 Å². The van der Waals surface area contributed by atoms with Gasteiger partial charge < -0.3 is 10.2 Å². The van der Waals surface area contributed by atoms with E-state index < -0.39 is 0 Å². The summed E-state index contributed by atoms with van der Waals surface area (Å²) in [6.45, 7) is 9.69. The van der Waals surface area contributed by atoms with Gasteiger partial charge in [0, 0.05) is 38.9 Å². The van der Waals surface area contributed by atoms with Gasteiger partial charge in [-0.2, -0.15) is 0 Å². The van der Waals surface area contributed by atoms with Crippen molar-refractivity contribution in [2.75, 3.05) is 44.6 Å². The maximum atomic E-state index is 12.6. The van der Waals surface area contributed by atoms with Gasteiger partial charge in [-0.05, 0) is 26.0 Å². The molecule has 1 amide bonds. The summed E-state index contributed by atoms with van der Waals surface area (Å²) in [5, 5.41) is 3.20. The Morgan fingerprint density at radius 1 is 1.30 bits per heavy atom. The molecule has 1 aromatic heterocycles. The molecule has 1 fully saturated rings. The van der Waals surface area contributed by atoms with Gasteiger partial charge in [-0.1, -0.05) is 6.92 Å². The minimum Gasteiger partial charge on any atom is -0.383 e. The number of nitrogens with zero attached hydrogens (tertiary/aromatic N) is 3. The number of hydrogen-bond donors (Lipinski definition) is 1. The van der Waals surface area contributed by atoms with Gasteiger partial charge in [-0.25, -0.2) is 0 Å². The minimum absolute atomic E-state index is 0.111. The fourth-order valence-electron chi connectivity index (χ4n) is 2.57. The van der Waals surface area contributed by atoms with E-state index in [1.165, 1.54) is 6.42 Å². The van der Waals surface area contributed by atoms with E-state index in [9.17, 15) is 4.79 Å². The van der Waals surface area contributed by atoms with Crippen molar-refractivity contribution >= 4 is 11.6 Å². The standard InChI is InChI=1S/C15H24N4O/c1-3-7-18-8-10-19(11-9-18)15(20)13-5-6-16-12-14(13)17-4-2/h5-6,12,17H,3-4,7-11H2,1-2H3. The van der Waals surface area contributed by atoms with Crippen LogP contribution in [0.4, 0.5) is 5.69 Å². The number of carbonyl (C=O) groups is 1. The van der Waals surface area contributed by atoms with Crippen molar-refractivity contribution in [2.24, 2.45) is 0 Å². The molecule has 110 valence electrons. The summed E-state index contributed by atoms with van der Waals surface area (Å²) in [6.07, 6.45) is 4.58. The average molecular weight is 276 g/mol. The van der Waals surface area contributed by atoms with Crippen molar-refractivity contribution in [1.29, 1.82) is 0 Å². The minimum atomic E-state index is 0.111. The van der Waals surface area contributed by atoms with Crippen LogP contribution in [0.1, 0.15) is 30.6 Å². The number of carbonyl (C=O) groups excluding carboxylic acids is 1. The lowest BCUT2D eigenvalue weighted by atomic mass is 10.1. The van der Waals surface area contributed by atoms with E-state index in [0.717, 1.165) is 50.5 Å².